The molecule has 2 heterocycles. The van der Waals surface area contributed by atoms with E-state index in [0.29, 0.717) is 12.3 Å². The highest BCUT2D eigenvalue weighted by molar-refractivity contribution is 5.89. The van der Waals surface area contributed by atoms with Gasteiger partial charge in [0.25, 0.3) is 0 Å². The van der Waals surface area contributed by atoms with E-state index in [0.717, 1.165) is 45.6 Å². The predicted octanol–water partition coefficient (Wildman–Crippen LogP) is 0.599. The van der Waals surface area contributed by atoms with E-state index in [2.05, 4.69) is 5.32 Å². The maximum absolute atomic E-state index is 12.4. The third-order valence-corrected chi connectivity index (χ3v) is 4.92. The van der Waals surface area contributed by atoms with Crippen LogP contribution in [0.5, 0.6) is 0 Å². The topological polar surface area (TPSA) is 52.7 Å². The van der Waals surface area contributed by atoms with Gasteiger partial charge in [0.15, 0.2) is 0 Å². The van der Waals surface area contributed by atoms with Gasteiger partial charge >= 0.3 is 0 Å². The van der Waals surface area contributed by atoms with E-state index in [9.17, 15) is 9.59 Å². The van der Waals surface area contributed by atoms with Crippen LogP contribution in [0.4, 0.5) is 0 Å². The van der Waals surface area contributed by atoms with Crippen molar-refractivity contribution in [2.75, 3.05) is 32.7 Å². The molecule has 2 saturated heterocycles. The SMILES string of the molecule is O=C(CC1NCCN(CC2CCC2)C1=O)N1CCCC1. The van der Waals surface area contributed by atoms with Gasteiger partial charge in [0.2, 0.25) is 11.8 Å². The van der Waals surface area contributed by atoms with Gasteiger partial charge in [-0.15, -0.1) is 0 Å². The zero-order chi connectivity index (χ0) is 13.9. The Bertz CT molecular complexity index is 375. The molecule has 1 aliphatic carbocycles. The number of rotatable bonds is 4. The van der Waals surface area contributed by atoms with Crippen molar-refractivity contribution in [3.05, 3.63) is 0 Å². The lowest BCUT2D eigenvalue weighted by atomic mass is 9.85. The zero-order valence-electron chi connectivity index (χ0n) is 12.1. The molecule has 0 bridgehead atoms. The summed E-state index contributed by atoms with van der Waals surface area (Å²) in [7, 11) is 0. The average molecular weight is 279 g/mol. The number of hydrogen-bond donors (Lipinski definition) is 1. The summed E-state index contributed by atoms with van der Waals surface area (Å²) in [5.74, 6) is 0.974. The lowest BCUT2D eigenvalue weighted by molar-refractivity contribution is -0.141. The van der Waals surface area contributed by atoms with E-state index in [1.807, 2.05) is 9.80 Å². The summed E-state index contributed by atoms with van der Waals surface area (Å²) in [6.45, 7) is 4.24. The smallest absolute Gasteiger partial charge is 0.240 e. The summed E-state index contributed by atoms with van der Waals surface area (Å²) in [6, 6.07) is -0.295. The molecule has 1 N–H and O–H groups in total. The van der Waals surface area contributed by atoms with Gasteiger partial charge in [0, 0.05) is 32.7 Å². The van der Waals surface area contributed by atoms with Gasteiger partial charge in [-0.05, 0) is 31.6 Å². The Hall–Kier alpha value is -1.10. The zero-order valence-corrected chi connectivity index (χ0v) is 12.1. The van der Waals surface area contributed by atoms with E-state index in [4.69, 9.17) is 0 Å². The van der Waals surface area contributed by atoms with E-state index >= 15 is 0 Å². The van der Waals surface area contributed by atoms with E-state index in [1.54, 1.807) is 0 Å². The molecule has 112 valence electrons. The largest absolute Gasteiger partial charge is 0.343 e. The molecule has 0 radical (unpaired) electrons. The minimum atomic E-state index is -0.295. The highest BCUT2D eigenvalue weighted by Crippen LogP contribution is 2.27. The molecular formula is C15H25N3O2. The Morgan fingerprint density at radius 2 is 1.90 bits per heavy atom. The summed E-state index contributed by atoms with van der Waals surface area (Å²) in [5.41, 5.74) is 0. The number of carbonyl (C=O) groups excluding carboxylic acids is 2. The maximum atomic E-state index is 12.4. The molecule has 0 aromatic heterocycles. The van der Waals surface area contributed by atoms with Crippen LogP contribution in [0.1, 0.15) is 38.5 Å². The lowest BCUT2D eigenvalue weighted by Crippen LogP contribution is -2.57. The van der Waals surface area contributed by atoms with Gasteiger partial charge in [0.1, 0.15) is 0 Å². The predicted molar refractivity (Wildman–Crippen MR) is 76.1 cm³/mol. The maximum Gasteiger partial charge on any atom is 0.240 e. The highest BCUT2D eigenvalue weighted by Gasteiger charge is 2.33. The molecule has 0 aromatic carbocycles. The van der Waals surface area contributed by atoms with Crippen LogP contribution < -0.4 is 5.32 Å². The van der Waals surface area contributed by atoms with Crippen LogP contribution in [-0.2, 0) is 9.59 Å². The molecule has 0 spiro atoms. The molecule has 1 saturated carbocycles. The van der Waals surface area contributed by atoms with E-state index in [-0.39, 0.29) is 17.9 Å². The molecule has 3 rings (SSSR count). The van der Waals surface area contributed by atoms with Crippen LogP contribution in [0.3, 0.4) is 0 Å². The van der Waals surface area contributed by atoms with E-state index < -0.39 is 0 Å². The van der Waals surface area contributed by atoms with Gasteiger partial charge < -0.3 is 15.1 Å². The molecule has 5 heteroatoms. The molecule has 2 aliphatic heterocycles. The van der Waals surface area contributed by atoms with Crippen molar-refractivity contribution >= 4 is 11.8 Å². The van der Waals surface area contributed by atoms with Crippen LogP contribution in [-0.4, -0.2) is 60.4 Å². The molecule has 2 amide bonds. The number of piperazine rings is 1. The van der Waals surface area contributed by atoms with Crippen molar-refractivity contribution in [1.82, 2.24) is 15.1 Å². The standard InChI is InChI=1S/C15H25N3O2/c19-14(17-7-1-2-8-17)10-13-15(20)18(9-6-16-13)11-12-4-3-5-12/h12-13,16H,1-11H2. The fraction of sp³-hybridized carbons (Fsp3) is 0.867. The monoisotopic (exact) mass is 279 g/mol. The second-order valence-corrected chi connectivity index (χ2v) is 6.38. The van der Waals surface area contributed by atoms with Crippen molar-refractivity contribution in [2.24, 2.45) is 5.92 Å². The van der Waals surface area contributed by atoms with Crippen LogP contribution in [0, 0.1) is 5.92 Å². The minimum Gasteiger partial charge on any atom is -0.343 e. The number of nitrogens with zero attached hydrogens (tertiary/aromatic N) is 2. The third-order valence-electron chi connectivity index (χ3n) is 4.92. The normalized spacial score (nSPS) is 27.8. The molecule has 1 unspecified atom stereocenters. The first kappa shape index (κ1) is 13.9. The lowest BCUT2D eigenvalue weighted by Gasteiger charge is -2.38. The fourth-order valence-corrected chi connectivity index (χ4v) is 3.39. The number of hydrogen-bond acceptors (Lipinski definition) is 3. The highest BCUT2D eigenvalue weighted by atomic mass is 16.2. The Labute approximate surface area is 120 Å². The summed E-state index contributed by atoms with van der Waals surface area (Å²) in [5, 5.41) is 3.22. The van der Waals surface area contributed by atoms with Crippen LogP contribution >= 0.6 is 0 Å². The van der Waals surface area contributed by atoms with Crippen molar-refractivity contribution in [3.8, 4) is 0 Å². The number of amides is 2. The number of likely N-dealkylation sites (tertiary alicyclic amines) is 1. The van der Waals surface area contributed by atoms with Crippen molar-refractivity contribution in [2.45, 2.75) is 44.6 Å². The summed E-state index contributed by atoms with van der Waals surface area (Å²) in [6.07, 6.45) is 6.36. The first-order valence-electron chi connectivity index (χ1n) is 8.04. The summed E-state index contributed by atoms with van der Waals surface area (Å²) < 4.78 is 0. The molecular weight excluding hydrogens is 254 g/mol. The molecule has 5 nitrogen and oxygen atoms in total. The molecule has 3 aliphatic rings. The molecule has 0 aromatic rings. The fourth-order valence-electron chi connectivity index (χ4n) is 3.39. The van der Waals surface area contributed by atoms with Crippen LogP contribution in [0.25, 0.3) is 0 Å². The number of carbonyl (C=O) groups is 2. The Morgan fingerprint density at radius 1 is 1.15 bits per heavy atom. The Kier molecular flexibility index (Phi) is 4.24. The van der Waals surface area contributed by atoms with Crippen LogP contribution in [0.2, 0.25) is 0 Å². The van der Waals surface area contributed by atoms with Gasteiger partial charge in [-0.25, -0.2) is 0 Å². The second-order valence-electron chi connectivity index (χ2n) is 6.38. The Morgan fingerprint density at radius 3 is 2.55 bits per heavy atom. The molecule has 1 atom stereocenters. The summed E-state index contributed by atoms with van der Waals surface area (Å²) >= 11 is 0. The summed E-state index contributed by atoms with van der Waals surface area (Å²) in [4.78, 5) is 28.5. The van der Waals surface area contributed by atoms with Gasteiger partial charge in [0.05, 0.1) is 12.5 Å². The Balaban J connectivity index is 1.52. The first-order valence-corrected chi connectivity index (χ1v) is 8.04. The van der Waals surface area contributed by atoms with Crippen molar-refractivity contribution in [1.29, 1.82) is 0 Å². The average Bonchev–Trinajstić information content (AvgIpc) is 2.91. The van der Waals surface area contributed by atoms with Gasteiger partial charge in [-0.3, -0.25) is 9.59 Å². The molecule has 20 heavy (non-hydrogen) atoms. The second kappa shape index (κ2) is 6.12. The quantitative estimate of drug-likeness (QED) is 0.820. The number of nitrogens with one attached hydrogen (secondary N) is 1. The third kappa shape index (κ3) is 2.97. The van der Waals surface area contributed by atoms with E-state index in [1.165, 1.54) is 19.3 Å². The van der Waals surface area contributed by atoms with Crippen molar-refractivity contribution in [3.63, 3.8) is 0 Å². The first-order chi connectivity index (χ1) is 9.74. The van der Waals surface area contributed by atoms with Gasteiger partial charge in [-0.2, -0.15) is 0 Å². The molecule has 3 fully saturated rings. The van der Waals surface area contributed by atoms with Crippen molar-refractivity contribution < 1.29 is 9.59 Å². The van der Waals surface area contributed by atoms with Gasteiger partial charge in [-0.1, -0.05) is 6.42 Å². The van der Waals surface area contributed by atoms with Crippen LogP contribution in [0.15, 0.2) is 0 Å². The minimum absolute atomic E-state index is 0.135.